The Morgan fingerprint density at radius 3 is 2.61 bits per heavy atom. The number of pyridine rings is 3. The monoisotopic (exact) mass is 407 g/mol. The number of benzene rings is 1. The van der Waals surface area contributed by atoms with Crippen molar-refractivity contribution in [2.75, 3.05) is 0 Å². The van der Waals surface area contributed by atoms with E-state index in [1.165, 1.54) is 0 Å². The highest BCUT2D eigenvalue weighted by atomic mass is 35.5. The Kier molecular flexibility index (Phi) is 3.89. The molecule has 6 nitrogen and oxygen atoms in total. The third-order valence-corrected chi connectivity index (χ3v) is 5.03. The number of imidazole rings is 1. The lowest BCUT2D eigenvalue weighted by Crippen LogP contribution is -2.10. The van der Waals surface area contributed by atoms with Gasteiger partial charge in [-0.25, -0.2) is 9.97 Å². The van der Waals surface area contributed by atoms with Crippen LogP contribution >= 0.6 is 23.2 Å². The molecule has 0 saturated heterocycles. The Labute approximate surface area is 168 Å². The first-order chi connectivity index (χ1) is 13.6. The van der Waals surface area contributed by atoms with Crippen LogP contribution < -0.4 is 5.56 Å². The molecule has 0 bridgehead atoms. The van der Waals surface area contributed by atoms with Crippen LogP contribution in [-0.2, 0) is 0 Å². The maximum atomic E-state index is 12.7. The number of rotatable bonds is 2. The fourth-order valence-corrected chi connectivity index (χ4v) is 3.56. The van der Waals surface area contributed by atoms with Crippen molar-refractivity contribution in [3.05, 3.63) is 75.4 Å². The van der Waals surface area contributed by atoms with Gasteiger partial charge in [-0.1, -0.05) is 41.4 Å². The smallest absolute Gasteiger partial charge is 0.259 e. The highest BCUT2D eigenvalue weighted by Gasteiger charge is 2.15. The summed E-state index contributed by atoms with van der Waals surface area (Å²) in [4.78, 5) is 31.7. The lowest BCUT2D eigenvalue weighted by Gasteiger charge is -2.08. The minimum atomic E-state index is -0.262. The van der Waals surface area contributed by atoms with Gasteiger partial charge >= 0.3 is 0 Å². The molecule has 0 saturated carbocycles. The minimum absolute atomic E-state index is 0.262. The lowest BCUT2D eigenvalue weighted by molar-refractivity contribution is 1.24. The van der Waals surface area contributed by atoms with Crippen molar-refractivity contribution in [1.29, 1.82) is 0 Å². The van der Waals surface area contributed by atoms with E-state index in [9.17, 15) is 4.79 Å². The third kappa shape index (κ3) is 2.74. The summed E-state index contributed by atoms with van der Waals surface area (Å²) < 4.78 is 0. The number of fused-ring (bicyclic) bond motifs is 2. The topological polar surface area (TPSA) is 87.3 Å². The molecule has 0 atom stereocenters. The molecule has 0 unspecified atom stereocenters. The predicted molar refractivity (Wildman–Crippen MR) is 111 cm³/mol. The molecule has 0 aliphatic heterocycles. The molecule has 0 aliphatic rings. The quantitative estimate of drug-likeness (QED) is 0.410. The second kappa shape index (κ2) is 6.44. The molecule has 0 amide bonds. The van der Waals surface area contributed by atoms with Gasteiger partial charge in [0.05, 0.1) is 34.0 Å². The van der Waals surface area contributed by atoms with E-state index in [4.69, 9.17) is 23.2 Å². The second-order valence-corrected chi connectivity index (χ2v) is 7.02. The van der Waals surface area contributed by atoms with Crippen molar-refractivity contribution in [2.24, 2.45) is 0 Å². The van der Waals surface area contributed by atoms with Crippen LogP contribution in [0.3, 0.4) is 0 Å². The van der Waals surface area contributed by atoms with Crippen LogP contribution in [-0.4, -0.2) is 24.9 Å². The van der Waals surface area contributed by atoms with Crippen molar-refractivity contribution >= 4 is 45.1 Å². The standard InChI is InChI=1S/C20H11Cl2N5O/c21-13-4-2-1-3-10(13)18-11-7-12(20(28)27-14(11)5-6-23-18)19-25-15-8-17(22)24-9-16(15)26-19/h1-9H,(H,25,26)(H,27,28). The van der Waals surface area contributed by atoms with Gasteiger partial charge in [-0.3, -0.25) is 9.78 Å². The molecule has 4 heterocycles. The molecule has 5 aromatic rings. The summed E-state index contributed by atoms with van der Waals surface area (Å²) in [5.41, 5.74) is 3.58. The maximum Gasteiger partial charge on any atom is 0.259 e. The Hall–Kier alpha value is -3.22. The summed E-state index contributed by atoms with van der Waals surface area (Å²) in [6.07, 6.45) is 3.23. The average Bonchev–Trinajstić information content (AvgIpc) is 3.10. The number of nitrogens with one attached hydrogen (secondary N) is 2. The first-order valence-corrected chi connectivity index (χ1v) is 9.14. The van der Waals surface area contributed by atoms with Gasteiger partial charge in [0.1, 0.15) is 11.0 Å². The first kappa shape index (κ1) is 16.9. The summed E-state index contributed by atoms with van der Waals surface area (Å²) in [5.74, 6) is 0.427. The number of H-pyrrole nitrogens is 2. The van der Waals surface area contributed by atoms with Gasteiger partial charge in [0.15, 0.2) is 0 Å². The molecule has 0 fully saturated rings. The predicted octanol–water partition coefficient (Wildman–Crippen LogP) is 4.84. The molecule has 5 rings (SSSR count). The van der Waals surface area contributed by atoms with E-state index in [-0.39, 0.29) is 5.56 Å². The second-order valence-electron chi connectivity index (χ2n) is 6.22. The van der Waals surface area contributed by atoms with Gasteiger partial charge in [0.2, 0.25) is 0 Å². The molecule has 8 heteroatoms. The van der Waals surface area contributed by atoms with Gasteiger partial charge in [-0.15, -0.1) is 0 Å². The van der Waals surface area contributed by atoms with Crippen molar-refractivity contribution in [1.82, 2.24) is 24.9 Å². The summed E-state index contributed by atoms with van der Waals surface area (Å²) in [7, 11) is 0. The molecular weight excluding hydrogens is 397 g/mol. The molecule has 2 N–H and O–H groups in total. The van der Waals surface area contributed by atoms with E-state index in [0.717, 1.165) is 10.9 Å². The van der Waals surface area contributed by atoms with Crippen LogP contribution in [0.2, 0.25) is 10.2 Å². The molecule has 4 aromatic heterocycles. The van der Waals surface area contributed by atoms with Crippen LogP contribution in [0, 0.1) is 0 Å². The van der Waals surface area contributed by atoms with E-state index in [1.807, 2.05) is 18.2 Å². The van der Waals surface area contributed by atoms with Crippen molar-refractivity contribution in [3.63, 3.8) is 0 Å². The number of aromatic amines is 2. The molecular formula is C20H11Cl2N5O. The SMILES string of the molecule is O=c1[nH]c2ccnc(-c3ccccc3Cl)c2cc1-c1nc2cc(Cl)ncc2[nH]1. The molecule has 136 valence electrons. The van der Waals surface area contributed by atoms with E-state index in [1.54, 1.807) is 36.7 Å². The number of nitrogens with zero attached hydrogens (tertiary/aromatic N) is 3. The number of halogens is 2. The van der Waals surface area contributed by atoms with Crippen molar-refractivity contribution in [2.45, 2.75) is 0 Å². The summed E-state index contributed by atoms with van der Waals surface area (Å²) in [6.45, 7) is 0. The largest absolute Gasteiger partial charge is 0.337 e. The molecule has 28 heavy (non-hydrogen) atoms. The Bertz CT molecular complexity index is 1420. The van der Waals surface area contributed by atoms with E-state index < -0.39 is 0 Å². The Balaban J connectivity index is 1.78. The lowest BCUT2D eigenvalue weighted by atomic mass is 10.0. The number of aromatic nitrogens is 5. The summed E-state index contributed by atoms with van der Waals surface area (Å²) in [5, 5.41) is 1.68. The van der Waals surface area contributed by atoms with Crippen molar-refractivity contribution in [3.8, 4) is 22.6 Å². The van der Waals surface area contributed by atoms with Crippen LogP contribution in [0.25, 0.3) is 44.6 Å². The van der Waals surface area contributed by atoms with Gasteiger partial charge < -0.3 is 9.97 Å². The summed E-state index contributed by atoms with van der Waals surface area (Å²) in [6, 6.07) is 12.6. The van der Waals surface area contributed by atoms with Crippen LogP contribution in [0.15, 0.2) is 59.7 Å². The van der Waals surface area contributed by atoms with Crippen LogP contribution in [0.4, 0.5) is 0 Å². The van der Waals surface area contributed by atoms with Crippen LogP contribution in [0.1, 0.15) is 0 Å². The normalized spacial score (nSPS) is 11.4. The maximum absolute atomic E-state index is 12.7. The number of hydrogen-bond donors (Lipinski definition) is 2. The molecule has 0 spiro atoms. The van der Waals surface area contributed by atoms with Crippen molar-refractivity contribution < 1.29 is 0 Å². The van der Waals surface area contributed by atoms with E-state index >= 15 is 0 Å². The zero-order chi connectivity index (χ0) is 19.3. The average molecular weight is 408 g/mol. The summed E-state index contributed by atoms with van der Waals surface area (Å²) >= 11 is 12.3. The van der Waals surface area contributed by atoms with Gasteiger partial charge in [-0.05, 0) is 18.2 Å². The number of hydrogen-bond acceptors (Lipinski definition) is 4. The molecule has 0 aliphatic carbocycles. The first-order valence-electron chi connectivity index (χ1n) is 8.39. The fraction of sp³-hybridized carbons (Fsp3) is 0. The van der Waals surface area contributed by atoms with Gasteiger partial charge in [0.25, 0.3) is 5.56 Å². The van der Waals surface area contributed by atoms with E-state index in [2.05, 4.69) is 24.9 Å². The van der Waals surface area contributed by atoms with Gasteiger partial charge in [0, 0.05) is 28.2 Å². The zero-order valence-electron chi connectivity index (χ0n) is 14.2. The Morgan fingerprint density at radius 2 is 1.75 bits per heavy atom. The van der Waals surface area contributed by atoms with Crippen LogP contribution in [0.5, 0.6) is 0 Å². The van der Waals surface area contributed by atoms with Gasteiger partial charge in [-0.2, -0.15) is 0 Å². The third-order valence-electron chi connectivity index (χ3n) is 4.49. The minimum Gasteiger partial charge on any atom is -0.337 e. The molecule has 1 aromatic carbocycles. The highest BCUT2D eigenvalue weighted by Crippen LogP contribution is 2.32. The highest BCUT2D eigenvalue weighted by molar-refractivity contribution is 6.33. The Morgan fingerprint density at radius 1 is 0.893 bits per heavy atom. The zero-order valence-corrected chi connectivity index (χ0v) is 15.7. The van der Waals surface area contributed by atoms with E-state index in [0.29, 0.717) is 43.8 Å². The fourth-order valence-electron chi connectivity index (χ4n) is 3.18. The molecule has 0 radical (unpaired) electrons.